The lowest BCUT2D eigenvalue weighted by atomic mass is 9.87. The molecule has 148 valence electrons. The largest absolute Gasteiger partial charge is 0.378 e. The van der Waals surface area contributed by atoms with Gasteiger partial charge in [-0.1, -0.05) is 29.8 Å². The fourth-order valence-corrected chi connectivity index (χ4v) is 5.55. The van der Waals surface area contributed by atoms with Crippen LogP contribution >= 0.6 is 45.5 Å². The number of allylic oxidation sites excluding steroid dienone is 1. The van der Waals surface area contributed by atoms with Crippen LogP contribution < -0.4 is 11.1 Å². The number of thiophene rings is 1. The number of alkyl halides is 2. The van der Waals surface area contributed by atoms with Gasteiger partial charge in [-0.05, 0) is 46.9 Å². The zero-order valence-electron chi connectivity index (χ0n) is 14.7. The lowest BCUT2D eigenvalue weighted by molar-refractivity contribution is 0.0705. The Hall–Kier alpha value is -1.23. The van der Waals surface area contributed by atoms with Gasteiger partial charge in [0.1, 0.15) is 10.7 Å². The van der Waals surface area contributed by atoms with Gasteiger partial charge in [0.2, 0.25) is 0 Å². The van der Waals surface area contributed by atoms with Crippen LogP contribution in [0.2, 0.25) is 5.15 Å². The van der Waals surface area contributed by atoms with Gasteiger partial charge in [0.05, 0.1) is 14.8 Å². The molecule has 4 rings (SSSR count). The number of nitrogens with two attached hydrogens (primary N) is 1. The van der Waals surface area contributed by atoms with Gasteiger partial charge < -0.3 is 11.1 Å². The zero-order chi connectivity index (χ0) is 19.8. The number of pyridine rings is 1. The molecule has 0 fully saturated rings. The summed E-state index contributed by atoms with van der Waals surface area (Å²) in [6.45, 7) is -2.18. The minimum atomic E-state index is -2.70. The lowest BCUT2D eigenvalue weighted by Gasteiger charge is -2.27. The highest BCUT2D eigenvalue weighted by Gasteiger charge is 2.32. The van der Waals surface area contributed by atoms with Crippen molar-refractivity contribution in [2.75, 3.05) is 5.32 Å². The molecular weight excluding hydrogens is 517 g/mol. The van der Waals surface area contributed by atoms with E-state index < -0.39 is 6.55 Å². The highest BCUT2D eigenvalue weighted by molar-refractivity contribution is 14.1. The number of rotatable bonds is 5. The molecule has 0 radical (unpaired) electrons. The molecule has 0 aliphatic heterocycles. The molecule has 1 aliphatic carbocycles. The molecule has 0 aromatic carbocycles. The van der Waals surface area contributed by atoms with Crippen molar-refractivity contribution < 1.29 is 8.78 Å². The molecule has 0 amide bonds. The van der Waals surface area contributed by atoms with Gasteiger partial charge in [0.15, 0.2) is 0 Å². The van der Waals surface area contributed by atoms with Crippen LogP contribution in [0, 0.1) is 3.57 Å². The number of anilines is 1. The number of fused-ring (bicyclic) bond motifs is 1. The molecule has 0 bridgehead atoms. The predicted octanol–water partition coefficient (Wildman–Crippen LogP) is 6.12. The smallest absolute Gasteiger partial charge is 0.319 e. The Balaban J connectivity index is 1.88. The monoisotopic (exact) mass is 534 g/mol. The van der Waals surface area contributed by atoms with Crippen LogP contribution in [0.4, 0.5) is 14.5 Å². The summed E-state index contributed by atoms with van der Waals surface area (Å²) in [5.41, 5.74) is 8.23. The maximum absolute atomic E-state index is 14.3. The maximum Gasteiger partial charge on any atom is 0.319 e. The Kier molecular flexibility index (Phi) is 5.91. The number of halogens is 4. The number of hydrogen-bond donors (Lipinski definition) is 2. The fourth-order valence-electron chi connectivity index (χ4n) is 3.68. The van der Waals surface area contributed by atoms with E-state index in [-0.39, 0.29) is 17.1 Å². The molecular formula is C19H18ClF2IN4S. The van der Waals surface area contributed by atoms with E-state index in [1.807, 2.05) is 29.7 Å². The first kappa shape index (κ1) is 20.1. The average Bonchev–Trinajstić information content (AvgIpc) is 3.27. The van der Waals surface area contributed by atoms with E-state index >= 15 is 0 Å². The molecule has 1 aliphatic rings. The third-order valence-electron chi connectivity index (χ3n) is 4.96. The van der Waals surface area contributed by atoms with Crippen molar-refractivity contribution in [1.82, 2.24) is 9.55 Å². The van der Waals surface area contributed by atoms with E-state index in [0.29, 0.717) is 45.4 Å². The second-order valence-electron chi connectivity index (χ2n) is 6.68. The first-order chi connectivity index (χ1) is 13.5. The summed E-state index contributed by atoms with van der Waals surface area (Å²) < 4.78 is 30.3. The summed E-state index contributed by atoms with van der Waals surface area (Å²) in [6.07, 6.45) is 5.32. The van der Waals surface area contributed by atoms with Crippen molar-refractivity contribution in [1.29, 1.82) is 0 Å². The molecule has 3 aromatic heterocycles. The Labute approximate surface area is 183 Å². The van der Waals surface area contributed by atoms with E-state index in [4.69, 9.17) is 17.3 Å². The summed E-state index contributed by atoms with van der Waals surface area (Å²) >= 11 is 9.93. The van der Waals surface area contributed by atoms with E-state index in [9.17, 15) is 8.78 Å². The summed E-state index contributed by atoms with van der Waals surface area (Å²) in [5, 5.41) is 5.51. The summed E-state index contributed by atoms with van der Waals surface area (Å²) in [4.78, 5) is 5.47. The standard InChI is InChI=1S/C19H18ClF2IN4S/c20-14-8-13(25-9-10-4-3-7-28-10)18-16(26-14)15(23)17(27(18)19(21)22)11-5-1-2-6-12(11)24/h1-4,7-8,11-12,19H,5-6,9,24H2,(H,25,26)/t11-,12-/m1/s1. The van der Waals surface area contributed by atoms with Gasteiger partial charge in [-0.15, -0.1) is 11.3 Å². The molecule has 0 saturated carbocycles. The van der Waals surface area contributed by atoms with Crippen molar-refractivity contribution in [3.05, 3.63) is 55.0 Å². The topological polar surface area (TPSA) is 55.9 Å². The minimum Gasteiger partial charge on any atom is -0.378 e. The summed E-state index contributed by atoms with van der Waals surface area (Å²) in [6, 6.07) is 5.35. The van der Waals surface area contributed by atoms with Crippen LogP contribution in [-0.2, 0) is 6.54 Å². The Morgan fingerprint density at radius 1 is 1.39 bits per heavy atom. The van der Waals surface area contributed by atoms with Gasteiger partial charge in [-0.25, -0.2) is 4.98 Å². The van der Waals surface area contributed by atoms with Gasteiger partial charge in [-0.2, -0.15) is 8.78 Å². The average molecular weight is 535 g/mol. The quantitative estimate of drug-likeness (QED) is 0.235. The Morgan fingerprint density at radius 2 is 2.18 bits per heavy atom. The SMILES string of the molecule is N[C@@H]1CC=CC[C@H]1c1c(I)c2nc(Cl)cc(NCc3cccs3)c2n1C(F)F. The second-order valence-corrected chi connectivity index (χ2v) is 9.18. The highest BCUT2D eigenvalue weighted by atomic mass is 127. The third-order valence-corrected chi connectivity index (χ3v) is 7.09. The Bertz CT molecular complexity index is 1020. The zero-order valence-corrected chi connectivity index (χ0v) is 18.4. The van der Waals surface area contributed by atoms with Gasteiger partial charge in [-0.3, -0.25) is 4.57 Å². The molecule has 9 heteroatoms. The van der Waals surface area contributed by atoms with Crippen molar-refractivity contribution in [2.45, 2.75) is 37.9 Å². The highest BCUT2D eigenvalue weighted by Crippen LogP contribution is 2.42. The van der Waals surface area contributed by atoms with E-state index in [1.165, 1.54) is 0 Å². The summed E-state index contributed by atoms with van der Waals surface area (Å²) in [7, 11) is 0. The van der Waals surface area contributed by atoms with E-state index in [0.717, 1.165) is 9.44 Å². The molecule has 3 aromatic rings. The van der Waals surface area contributed by atoms with Crippen molar-refractivity contribution in [3.63, 3.8) is 0 Å². The van der Waals surface area contributed by atoms with E-state index in [1.54, 1.807) is 17.4 Å². The second kappa shape index (κ2) is 8.25. The van der Waals surface area contributed by atoms with Crippen LogP contribution in [0.3, 0.4) is 0 Å². The molecule has 4 nitrogen and oxygen atoms in total. The van der Waals surface area contributed by atoms with Gasteiger partial charge in [0.25, 0.3) is 0 Å². The van der Waals surface area contributed by atoms with Crippen LogP contribution in [0.15, 0.2) is 35.7 Å². The Morgan fingerprint density at radius 3 is 2.86 bits per heavy atom. The van der Waals surface area contributed by atoms with Gasteiger partial charge in [0, 0.05) is 35.1 Å². The van der Waals surface area contributed by atoms with E-state index in [2.05, 4.69) is 32.9 Å². The van der Waals surface area contributed by atoms with Crippen molar-refractivity contribution in [3.8, 4) is 0 Å². The first-order valence-electron chi connectivity index (χ1n) is 8.82. The molecule has 3 N–H and O–H groups in total. The first-order valence-corrected chi connectivity index (χ1v) is 11.2. The summed E-state index contributed by atoms with van der Waals surface area (Å²) in [5.74, 6) is -0.191. The minimum absolute atomic E-state index is 0.191. The van der Waals surface area contributed by atoms with Crippen LogP contribution in [0.5, 0.6) is 0 Å². The molecule has 28 heavy (non-hydrogen) atoms. The molecule has 0 spiro atoms. The lowest BCUT2D eigenvalue weighted by Crippen LogP contribution is -2.31. The maximum atomic E-state index is 14.3. The normalized spacial score (nSPS) is 19.6. The molecule has 0 unspecified atom stereocenters. The van der Waals surface area contributed by atoms with Crippen LogP contribution in [0.25, 0.3) is 11.0 Å². The van der Waals surface area contributed by atoms with Crippen LogP contribution in [0.1, 0.15) is 35.9 Å². The van der Waals surface area contributed by atoms with Gasteiger partial charge >= 0.3 is 6.55 Å². The number of aromatic nitrogens is 2. The van der Waals surface area contributed by atoms with Crippen LogP contribution in [-0.4, -0.2) is 15.6 Å². The predicted molar refractivity (Wildman–Crippen MR) is 119 cm³/mol. The number of nitrogens with one attached hydrogen (secondary N) is 1. The molecule has 3 heterocycles. The molecule has 0 saturated heterocycles. The van der Waals surface area contributed by atoms with Crippen molar-refractivity contribution >= 4 is 62.2 Å². The molecule has 2 atom stereocenters. The number of nitrogens with zero attached hydrogens (tertiary/aromatic N) is 2. The van der Waals surface area contributed by atoms with Crippen molar-refractivity contribution in [2.24, 2.45) is 5.73 Å². The number of hydrogen-bond acceptors (Lipinski definition) is 4. The fraction of sp³-hybridized carbons (Fsp3) is 0.316. The third kappa shape index (κ3) is 3.67.